The van der Waals surface area contributed by atoms with E-state index in [9.17, 15) is 9.59 Å². The van der Waals surface area contributed by atoms with E-state index in [4.69, 9.17) is 27.9 Å². The van der Waals surface area contributed by atoms with Crippen LogP contribution in [0.1, 0.15) is 17.0 Å². The van der Waals surface area contributed by atoms with Crippen LogP contribution >= 0.6 is 35.0 Å². The SMILES string of the molecule is Cc1cc(/C=C2\SC(=O)N(CCOc3ccccc3)C2=O)c(C)n1-c1cccc(Cl)c1Cl. The van der Waals surface area contributed by atoms with Gasteiger partial charge in [-0.15, -0.1) is 0 Å². The van der Waals surface area contributed by atoms with Gasteiger partial charge in [-0.3, -0.25) is 14.5 Å². The van der Waals surface area contributed by atoms with Crippen LogP contribution in [0, 0.1) is 13.8 Å². The molecule has 0 N–H and O–H groups in total. The largest absolute Gasteiger partial charge is 0.492 e. The van der Waals surface area contributed by atoms with E-state index in [-0.39, 0.29) is 24.3 Å². The van der Waals surface area contributed by atoms with Gasteiger partial charge in [0, 0.05) is 11.4 Å². The third kappa shape index (κ3) is 4.44. The quantitative estimate of drug-likeness (QED) is 0.372. The molecule has 3 aromatic rings. The Labute approximate surface area is 200 Å². The number of amides is 2. The first-order valence-corrected chi connectivity index (χ1v) is 11.5. The van der Waals surface area contributed by atoms with Gasteiger partial charge in [0.2, 0.25) is 0 Å². The third-order valence-electron chi connectivity index (χ3n) is 5.13. The summed E-state index contributed by atoms with van der Waals surface area (Å²) >= 11 is 13.5. The summed E-state index contributed by atoms with van der Waals surface area (Å²) in [5.41, 5.74) is 3.43. The van der Waals surface area contributed by atoms with Gasteiger partial charge < -0.3 is 9.30 Å². The van der Waals surface area contributed by atoms with Crippen molar-refractivity contribution in [1.82, 2.24) is 9.47 Å². The smallest absolute Gasteiger partial charge is 0.293 e. The molecule has 2 heterocycles. The minimum absolute atomic E-state index is 0.189. The Hall–Kier alpha value is -2.67. The first-order chi connectivity index (χ1) is 15.4. The molecule has 0 bridgehead atoms. The van der Waals surface area contributed by atoms with Crippen molar-refractivity contribution < 1.29 is 14.3 Å². The number of thioether (sulfide) groups is 1. The summed E-state index contributed by atoms with van der Waals surface area (Å²) in [7, 11) is 0. The van der Waals surface area contributed by atoms with Crippen LogP contribution < -0.4 is 4.74 Å². The molecule has 4 rings (SSSR count). The van der Waals surface area contributed by atoms with E-state index in [1.165, 1.54) is 4.90 Å². The van der Waals surface area contributed by atoms with Crippen LogP contribution in [0.5, 0.6) is 5.75 Å². The highest BCUT2D eigenvalue weighted by atomic mass is 35.5. The highest BCUT2D eigenvalue weighted by Crippen LogP contribution is 2.35. The summed E-state index contributed by atoms with van der Waals surface area (Å²) in [4.78, 5) is 26.9. The molecule has 2 amide bonds. The fraction of sp³-hybridized carbons (Fsp3) is 0.167. The molecule has 0 saturated carbocycles. The maximum Gasteiger partial charge on any atom is 0.293 e. The summed E-state index contributed by atoms with van der Waals surface area (Å²) in [6, 6.07) is 16.7. The van der Waals surface area contributed by atoms with Crippen molar-refractivity contribution in [2.24, 2.45) is 0 Å². The van der Waals surface area contributed by atoms with E-state index in [1.807, 2.05) is 66.9 Å². The number of carbonyl (C=O) groups excluding carboxylic acids is 2. The number of para-hydroxylation sites is 1. The molecule has 164 valence electrons. The van der Waals surface area contributed by atoms with E-state index in [1.54, 1.807) is 12.1 Å². The maximum absolute atomic E-state index is 12.8. The van der Waals surface area contributed by atoms with Gasteiger partial charge in [0.05, 0.1) is 27.2 Å². The number of imide groups is 1. The molecule has 8 heteroatoms. The van der Waals surface area contributed by atoms with Crippen LogP contribution in [0.3, 0.4) is 0 Å². The first-order valence-electron chi connectivity index (χ1n) is 9.93. The second kappa shape index (κ2) is 9.45. The molecule has 32 heavy (non-hydrogen) atoms. The summed E-state index contributed by atoms with van der Waals surface area (Å²) in [6.07, 6.45) is 1.75. The normalized spacial score (nSPS) is 15.1. The van der Waals surface area contributed by atoms with Crippen molar-refractivity contribution in [3.05, 3.63) is 86.5 Å². The molecule has 1 fully saturated rings. The number of benzene rings is 2. The van der Waals surface area contributed by atoms with Gasteiger partial charge in [0.1, 0.15) is 12.4 Å². The fourth-order valence-electron chi connectivity index (χ4n) is 3.58. The Kier molecular flexibility index (Phi) is 6.65. The number of hydrogen-bond acceptors (Lipinski definition) is 4. The van der Waals surface area contributed by atoms with Crippen molar-refractivity contribution in [2.45, 2.75) is 13.8 Å². The van der Waals surface area contributed by atoms with Crippen molar-refractivity contribution in [3.63, 3.8) is 0 Å². The number of ether oxygens (including phenoxy) is 1. The number of halogens is 2. The van der Waals surface area contributed by atoms with E-state index >= 15 is 0 Å². The van der Waals surface area contributed by atoms with E-state index in [2.05, 4.69) is 0 Å². The summed E-state index contributed by atoms with van der Waals surface area (Å²) < 4.78 is 7.61. The van der Waals surface area contributed by atoms with Crippen LogP contribution in [0.4, 0.5) is 4.79 Å². The molecule has 0 aliphatic carbocycles. The third-order valence-corrected chi connectivity index (χ3v) is 6.85. The van der Waals surface area contributed by atoms with Crippen LogP contribution in [0.15, 0.2) is 59.5 Å². The lowest BCUT2D eigenvalue weighted by Crippen LogP contribution is -2.32. The van der Waals surface area contributed by atoms with Crippen molar-refractivity contribution in [1.29, 1.82) is 0 Å². The summed E-state index contributed by atoms with van der Waals surface area (Å²) in [5, 5.41) is 0.628. The van der Waals surface area contributed by atoms with Crippen LogP contribution in [-0.2, 0) is 4.79 Å². The Morgan fingerprint density at radius 1 is 1.03 bits per heavy atom. The van der Waals surface area contributed by atoms with E-state index in [0.29, 0.717) is 20.7 Å². The summed E-state index contributed by atoms with van der Waals surface area (Å²) in [6.45, 7) is 4.31. The number of hydrogen-bond donors (Lipinski definition) is 0. The van der Waals surface area contributed by atoms with Crippen molar-refractivity contribution >= 4 is 52.2 Å². The average molecular weight is 487 g/mol. The molecule has 1 aliphatic heterocycles. The lowest BCUT2D eigenvalue weighted by Gasteiger charge is -2.13. The topological polar surface area (TPSA) is 51.5 Å². The Morgan fingerprint density at radius 2 is 1.78 bits per heavy atom. The van der Waals surface area contributed by atoms with Crippen molar-refractivity contribution in [2.75, 3.05) is 13.2 Å². The molecule has 1 saturated heterocycles. The monoisotopic (exact) mass is 486 g/mol. The molecule has 0 unspecified atom stereocenters. The Morgan fingerprint density at radius 3 is 2.53 bits per heavy atom. The van der Waals surface area contributed by atoms with Crippen molar-refractivity contribution in [3.8, 4) is 11.4 Å². The van der Waals surface area contributed by atoms with Gasteiger partial charge >= 0.3 is 0 Å². The second-order valence-electron chi connectivity index (χ2n) is 7.23. The average Bonchev–Trinajstić information content (AvgIpc) is 3.20. The van der Waals surface area contributed by atoms with E-state index < -0.39 is 0 Å². The minimum atomic E-state index is -0.317. The summed E-state index contributed by atoms with van der Waals surface area (Å²) in [5.74, 6) is 0.379. The minimum Gasteiger partial charge on any atom is -0.492 e. The Bertz CT molecular complexity index is 1220. The van der Waals surface area contributed by atoms with Crippen LogP contribution in [-0.4, -0.2) is 33.8 Å². The molecule has 1 aromatic heterocycles. The van der Waals surface area contributed by atoms with Gasteiger partial charge in [0.15, 0.2) is 0 Å². The van der Waals surface area contributed by atoms with Crippen LogP contribution in [0.2, 0.25) is 10.0 Å². The highest BCUT2D eigenvalue weighted by molar-refractivity contribution is 8.18. The number of aryl methyl sites for hydroxylation is 1. The molecule has 0 radical (unpaired) electrons. The molecule has 0 spiro atoms. The lowest BCUT2D eigenvalue weighted by atomic mass is 10.2. The molecular formula is C24H20Cl2N2O3S. The van der Waals surface area contributed by atoms with Gasteiger partial charge in [-0.05, 0) is 67.6 Å². The predicted octanol–water partition coefficient (Wildman–Crippen LogP) is 6.52. The molecule has 5 nitrogen and oxygen atoms in total. The second-order valence-corrected chi connectivity index (χ2v) is 9.01. The predicted molar refractivity (Wildman–Crippen MR) is 130 cm³/mol. The molecular weight excluding hydrogens is 467 g/mol. The number of carbonyl (C=O) groups is 2. The lowest BCUT2D eigenvalue weighted by molar-refractivity contribution is -0.123. The zero-order chi connectivity index (χ0) is 22.8. The highest BCUT2D eigenvalue weighted by Gasteiger charge is 2.35. The van der Waals surface area contributed by atoms with Gasteiger partial charge in [-0.2, -0.15) is 0 Å². The number of rotatable bonds is 6. The zero-order valence-corrected chi connectivity index (χ0v) is 19.8. The maximum atomic E-state index is 12.8. The molecule has 0 atom stereocenters. The van der Waals surface area contributed by atoms with Gasteiger partial charge in [0.25, 0.3) is 11.1 Å². The van der Waals surface area contributed by atoms with Gasteiger partial charge in [-0.25, -0.2) is 0 Å². The van der Waals surface area contributed by atoms with Crippen LogP contribution in [0.25, 0.3) is 11.8 Å². The number of nitrogens with zero attached hydrogens (tertiary/aromatic N) is 2. The zero-order valence-electron chi connectivity index (χ0n) is 17.5. The van der Waals surface area contributed by atoms with E-state index in [0.717, 1.165) is 34.4 Å². The standard InChI is InChI=1S/C24H20Cl2N2O3S/c1-15-13-17(16(2)28(15)20-10-6-9-19(25)22(20)26)14-21-23(29)27(24(30)32-21)11-12-31-18-7-4-3-5-8-18/h3-10,13-14H,11-12H2,1-2H3/b21-14-. The molecule has 2 aromatic carbocycles. The number of aromatic nitrogens is 1. The molecule has 1 aliphatic rings. The van der Waals surface area contributed by atoms with Gasteiger partial charge in [-0.1, -0.05) is 47.5 Å². The Balaban J connectivity index is 1.54. The first kappa shape index (κ1) is 22.5. The fourth-order valence-corrected chi connectivity index (χ4v) is 4.81.